The van der Waals surface area contributed by atoms with E-state index in [2.05, 4.69) is 10.6 Å². The SMILES string of the molecule is CCOC(=O)C1=C(C)NC(=O)N[C@H]1c1ccc(-c2ccccc2F)o1. The molecule has 1 aromatic carbocycles. The number of ether oxygens (including phenoxy) is 1. The number of carbonyl (C=O) groups is 2. The smallest absolute Gasteiger partial charge is 0.338 e. The van der Waals surface area contributed by atoms with Crippen LogP contribution in [0.25, 0.3) is 11.3 Å². The second kappa shape index (κ2) is 6.80. The first kappa shape index (κ1) is 16.8. The minimum absolute atomic E-state index is 0.203. The van der Waals surface area contributed by atoms with Crippen LogP contribution in [0, 0.1) is 5.82 Å². The summed E-state index contributed by atoms with van der Waals surface area (Å²) in [6.07, 6.45) is 0. The fourth-order valence-corrected chi connectivity index (χ4v) is 2.70. The highest BCUT2D eigenvalue weighted by atomic mass is 19.1. The third-order valence-electron chi connectivity index (χ3n) is 3.82. The normalized spacial score (nSPS) is 17.1. The summed E-state index contributed by atoms with van der Waals surface area (Å²) in [7, 11) is 0. The molecule has 0 saturated carbocycles. The van der Waals surface area contributed by atoms with Gasteiger partial charge in [0.05, 0.1) is 17.7 Å². The molecule has 1 atom stereocenters. The highest BCUT2D eigenvalue weighted by molar-refractivity contribution is 5.94. The van der Waals surface area contributed by atoms with Crippen molar-refractivity contribution in [1.29, 1.82) is 0 Å². The quantitative estimate of drug-likeness (QED) is 0.834. The van der Waals surface area contributed by atoms with Crippen LogP contribution < -0.4 is 10.6 Å². The molecule has 0 spiro atoms. The number of esters is 1. The Morgan fingerprint density at radius 2 is 2.04 bits per heavy atom. The molecule has 130 valence electrons. The van der Waals surface area contributed by atoms with E-state index in [-0.39, 0.29) is 12.2 Å². The summed E-state index contributed by atoms with van der Waals surface area (Å²) in [5.41, 5.74) is 0.930. The first-order valence-corrected chi connectivity index (χ1v) is 7.81. The Balaban J connectivity index is 1.99. The lowest BCUT2D eigenvalue weighted by Crippen LogP contribution is -2.45. The average Bonchev–Trinajstić information content (AvgIpc) is 3.04. The van der Waals surface area contributed by atoms with Crippen molar-refractivity contribution in [3.63, 3.8) is 0 Å². The third-order valence-corrected chi connectivity index (χ3v) is 3.82. The van der Waals surface area contributed by atoms with Gasteiger partial charge in [-0.05, 0) is 38.1 Å². The fraction of sp³-hybridized carbons (Fsp3) is 0.222. The summed E-state index contributed by atoms with van der Waals surface area (Å²) in [5, 5.41) is 5.18. The lowest BCUT2D eigenvalue weighted by atomic mass is 10.0. The Morgan fingerprint density at radius 1 is 1.28 bits per heavy atom. The number of amides is 2. The van der Waals surface area contributed by atoms with E-state index in [0.29, 0.717) is 22.8 Å². The maximum absolute atomic E-state index is 13.9. The van der Waals surface area contributed by atoms with Crippen LogP contribution in [0.5, 0.6) is 0 Å². The van der Waals surface area contributed by atoms with Gasteiger partial charge in [-0.25, -0.2) is 14.0 Å². The van der Waals surface area contributed by atoms with Gasteiger partial charge in [0.2, 0.25) is 0 Å². The van der Waals surface area contributed by atoms with Crippen LogP contribution in [-0.4, -0.2) is 18.6 Å². The molecule has 2 amide bonds. The number of nitrogens with one attached hydrogen (secondary N) is 2. The molecule has 3 rings (SSSR count). The summed E-state index contributed by atoms with van der Waals surface area (Å²) in [5.74, 6) is -0.353. The molecule has 0 saturated heterocycles. The van der Waals surface area contributed by atoms with Crippen molar-refractivity contribution < 1.29 is 23.1 Å². The summed E-state index contributed by atoms with van der Waals surface area (Å²) < 4.78 is 24.7. The van der Waals surface area contributed by atoms with Gasteiger partial charge in [0.1, 0.15) is 23.4 Å². The highest BCUT2D eigenvalue weighted by Crippen LogP contribution is 2.32. The number of carbonyl (C=O) groups excluding carboxylic acids is 2. The molecular weight excluding hydrogens is 327 g/mol. The zero-order valence-electron chi connectivity index (χ0n) is 13.8. The molecule has 1 aromatic heterocycles. The predicted octanol–water partition coefficient (Wildman–Crippen LogP) is 3.28. The number of furan rings is 1. The van der Waals surface area contributed by atoms with Gasteiger partial charge in [-0.2, -0.15) is 0 Å². The predicted molar refractivity (Wildman–Crippen MR) is 87.8 cm³/mol. The van der Waals surface area contributed by atoms with E-state index < -0.39 is 23.9 Å². The summed E-state index contributed by atoms with van der Waals surface area (Å²) in [6, 6.07) is 8.13. The zero-order chi connectivity index (χ0) is 18.0. The zero-order valence-corrected chi connectivity index (χ0v) is 13.8. The Labute approximate surface area is 143 Å². The average molecular weight is 344 g/mol. The number of hydrogen-bond acceptors (Lipinski definition) is 4. The van der Waals surface area contributed by atoms with E-state index in [1.54, 1.807) is 44.2 Å². The van der Waals surface area contributed by atoms with Gasteiger partial charge in [0.15, 0.2) is 0 Å². The van der Waals surface area contributed by atoms with E-state index in [1.165, 1.54) is 6.07 Å². The lowest BCUT2D eigenvalue weighted by molar-refractivity contribution is -0.139. The first-order chi connectivity index (χ1) is 12.0. The van der Waals surface area contributed by atoms with Crippen molar-refractivity contribution in [2.75, 3.05) is 6.61 Å². The molecule has 25 heavy (non-hydrogen) atoms. The van der Waals surface area contributed by atoms with Gasteiger partial charge < -0.3 is 19.8 Å². The van der Waals surface area contributed by atoms with Crippen molar-refractivity contribution in [2.45, 2.75) is 19.9 Å². The Bertz CT molecular complexity index is 856. The monoisotopic (exact) mass is 344 g/mol. The van der Waals surface area contributed by atoms with Crippen LogP contribution in [0.4, 0.5) is 9.18 Å². The van der Waals surface area contributed by atoms with Gasteiger partial charge in [-0.3, -0.25) is 0 Å². The summed E-state index contributed by atoms with van der Waals surface area (Å²) in [6.45, 7) is 3.51. The molecule has 2 aromatic rings. The molecule has 6 nitrogen and oxygen atoms in total. The minimum Gasteiger partial charge on any atom is -0.463 e. The van der Waals surface area contributed by atoms with Crippen LogP contribution in [-0.2, 0) is 9.53 Å². The van der Waals surface area contributed by atoms with Gasteiger partial charge in [-0.1, -0.05) is 12.1 Å². The van der Waals surface area contributed by atoms with Gasteiger partial charge in [0, 0.05) is 5.70 Å². The Morgan fingerprint density at radius 3 is 2.76 bits per heavy atom. The van der Waals surface area contributed by atoms with Crippen LogP contribution in [0.2, 0.25) is 0 Å². The van der Waals surface area contributed by atoms with Crippen molar-refractivity contribution in [3.8, 4) is 11.3 Å². The largest absolute Gasteiger partial charge is 0.463 e. The van der Waals surface area contributed by atoms with Crippen LogP contribution in [0.3, 0.4) is 0 Å². The van der Waals surface area contributed by atoms with Gasteiger partial charge >= 0.3 is 12.0 Å². The molecule has 0 unspecified atom stereocenters. The van der Waals surface area contributed by atoms with E-state index in [1.807, 2.05) is 0 Å². The van der Waals surface area contributed by atoms with Crippen LogP contribution >= 0.6 is 0 Å². The summed E-state index contributed by atoms with van der Waals surface area (Å²) in [4.78, 5) is 24.1. The molecule has 0 aliphatic carbocycles. The topological polar surface area (TPSA) is 80.6 Å². The molecule has 1 aliphatic heterocycles. The Hall–Kier alpha value is -3.09. The molecule has 7 heteroatoms. The first-order valence-electron chi connectivity index (χ1n) is 7.81. The fourth-order valence-electron chi connectivity index (χ4n) is 2.70. The van der Waals surface area contributed by atoms with E-state index >= 15 is 0 Å². The third kappa shape index (κ3) is 3.26. The van der Waals surface area contributed by atoms with Crippen LogP contribution in [0.1, 0.15) is 25.6 Å². The molecule has 2 heterocycles. The van der Waals surface area contributed by atoms with E-state index in [4.69, 9.17) is 9.15 Å². The number of allylic oxidation sites excluding steroid dienone is 1. The lowest BCUT2D eigenvalue weighted by Gasteiger charge is -2.26. The van der Waals surface area contributed by atoms with E-state index in [9.17, 15) is 14.0 Å². The van der Waals surface area contributed by atoms with Crippen molar-refractivity contribution in [1.82, 2.24) is 10.6 Å². The maximum atomic E-state index is 13.9. The second-order valence-corrected chi connectivity index (χ2v) is 5.47. The van der Waals surface area contributed by atoms with E-state index in [0.717, 1.165) is 0 Å². The number of rotatable bonds is 4. The second-order valence-electron chi connectivity index (χ2n) is 5.47. The van der Waals surface area contributed by atoms with Crippen molar-refractivity contribution in [3.05, 3.63) is 59.2 Å². The number of hydrogen-bond donors (Lipinski definition) is 2. The number of halogens is 1. The molecular formula is C18H17FN2O4. The number of urea groups is 1. The Kier molecular flexibility index (Phi) is 4.56. The maximum Gasteiger partial charge on any atom is 0.338 e. The standard InChI is InChI=1S/C18H17FN2O4/c1-3-24-17(22)15-10(2)20-18(23)21-16(15)14-9-8-13(25-14)11-6-4-5-7-12(11)19/h4-9,16H,3H2,1-2H3,(H2,20,21,23)/t16-/m0/s1. The summed E-state index contributed by atoms with van der Waals surface area (Å²) >= 11 is 0. The van der Waals surface area contributed by atoms with Gasteiger partial charge in [0.25, 0.3) is 0 Å². The molecule has 1 aliphatic rings. The van der Waals surface area contributed by atoms with Crippen LogP contribution in [0.15, 0.2) is 52.1 Å². The molecule has 2 N–H and O–H groups in total. The van der Waals surface area contributed by atoms with Crippen molar-refractivity contribution >= 4 is 12.0 Å². The molecule has 0 radical (unpaired) electrons. The van der Waals surface area contributed by atoms with Gasteiger partial charge in [-0.15, -0.1) is 0 Å². The number of benzene rings is 1. The van der Waals surface area contributed by atoms with Crippen molar-refractivity contribution in [2.24, 2.45) is 0 Å². The minimum atomic E-state index is -0.812. The molecule has 0 fully saturated rings. The molecule has 0 bridgehead atoms. The highest BCUT2D eigenvalue weighted by Gasteiger charge is 2.34.